The van der Waals surface area contributed by atoms with Crippen LogP contribution in [-0.4, -0.2) is 10.7 Å². The van der Waals surface area contributed by atoms with E-state index in [1.54, 1.807) is 12.2 Å². The lowest BCUT2D eigenvalue weighted by atomic mass is 9.83. The Morgan fingerprint density at radius 2 is 1.38 bits per heavy atom. The van der Waals surface area contributed by atoms with Gasteiger partial charge in [-0.15, -0.1) is 0 Å². The van der Waals surface area contributed by atoms with Crippen molar-refractivity contribution in [3.8, 4) is 0 Å². The highest BCUT2D eigenvalue weighted by Gasteiger charge is 2.29. The summed E-state index contributed by atoms with van der Waals surface area (Å²) < 4.78 is 0. The van der Waals surface area contributed by atoms with Crippen LogP contribution in [0.4, 0.5) is 0 Å². The van der Waals surface area contributed by atoms with Gasteiger partial charge in [0.05, 0.1) is 0 Å². The van der Waals surface area contributed by atoms with E-state index in [0.29, 0.717) is 16.7 Å². The van der Waals surface area contributed by atoms with E-state index in [1.165, 1.54) is 18.2 Å². The third-order valence-corrected chi connectivity index (χ3v) is 2.40. The zero-order valence-corrected chi connectivity index (χ0v) is 9.58. The molecule has 0 aliphatic heterocycles. The molecule has 0 amide bonds. The van der Waals surface area contributed by atoms with E-state index in [0.717, 1.165) is 0 Å². The van der Waals surface area contributed by atoms with Gasteiger partial charge in [0, 0.05) is 0 Å². The van der Waals surface area contributed by atoms with Gasteiger partial charge in [0.2, 0.25) is 0 Å². The minimum absolute atomic E-state index is 0.429. The Morgan fingerprint density at radius 3 is 1.62 bits per heavy atom. The SMILES string of the molecule is C=CC(=C)C(O)(C=C)C(C=C)=C(C=C)C=C. The quantitative estimate of drug-likeness (QED) is 0.508. The Hall–Kier alpha value is -1.86. The van der Waals surface area contributed by atoms with Crippen LogP contribution in [0.15, 0.2) is 86.6 Å². The maximum Gasteiger partial charge on any atom is 0.133 e. The Balaban J connectivity index is 5.96. The second-order valence-corrected chi connectivity index (χ2v) is 3.18. The van der Waals surface area contributed by atoms with E-state index in [2.05, 4.69) is 39.5 Å². The third-order valence-electron chi connectivity index (χ3n) is 2.40. The molecule has 1 heteroatoms. The van der Waals surface area contributed by atoms with Crippen molar-refractivity contribution >= 4 is 0 Å². The summed E-state index contributed by atoms with van der Waals surface area (Å²) in [5.41, 5.74) is 0.262. The summed E-state index contributed by atoms with van der Waals surface area (Å²) in [6, 6.07) is 0. The number of aliphatic hydroxyl groups is 1. The predicted molar refractivity (Wildman–Crippen MR) is 72.1 cm³/mol. The fourth-order valence-corrected chi connectivity index (χ4v) is 1.37. The van der Waals surface area contributed by atoms with Crippen molar-refractivity contribution in [3.05, 3.63) is 86.6 Å². The highest BCUT2D eigenvalue weighted by Crippen LogP contribution is 2.30. The molecule has 0 aromatic heterocycles. The molecule has 0 aliphatic carbocycles. The minimum atomic E-state index is -1.39. The van der Waals surface area contributed by atoms with Crippen LogP contribution in [0.25, 0.3) is 0 Å². The van der Waals surface area contributed by atoms with Crippen LogP contribution in [0.3, 0.4) is 0 Å². The topological polar surface area (TPSA) is 20.2 Å². The Kier molecular flexibility index (Phi) is 5.20. The fourth-order valence-electron chi connectivity index (χ4n) is 1.37. The Morgan fingerprint density at radius 1 is 0.875 bits per heavy atom. The summed E-state index contributed by atoms with van der Waals surface area (Å²) in [7, 11) is 0. The normalized spacial score (nSPS) is 12.8. The smallest absolute Gasteiger partial charge is 0.133 e. The van der Waals surface area contributed by atoms with Gasteiger partial charge in [-0.1, -0.05) is 69.9 Å². The van der Waals surface area contributed by atoms with Crippen LogP contribution in [0, 0.1) is 0 Å². The van der Waals surface area contributed by atoms with Gasteiger partial charge in [0.15, 0.2) is 0 Å². The lowest BCUT2D eigenvalue weighted by Gasteiger charge is -2.28. The summed E-state index contributed by atoms with van der Waals surface area (Å²) in [5, 5.41) is 10.5. The molecule has 1 N–H and O–H groups in total. The van der Waals surface area contributed by atoms with Gasteiger partial charge >= 0.3 is 0 Å². The second kappa shape index (κ2) is 5.89. The number of rotatable bonds is 7. The minimum Gasteiger partial charge on any atom is -0.377 e. The van der Waals surface area contributed by atoms with E-state index < -0.39 is 5.60 Å². The van der Waals surface area contributed by atoms with E-state index in [1.807, 2.05) is 0 Å². The molecule has 0 fully saturated rings. The molecule has 0 heterocycles. The van der Waals surface area contributed by atoms with Crippen molar-refractivity contribution in [3.63, 3.8) is 0 Å². The standard InChI is InChI=1S/C15H18O/c1-7-12(6)15(16,11-5)14(10-4)13(8-2)9-3/h7-11,16H,1-6H2. The van der Waals surface area contributed by atoms with Crippen molar-refractivity contribution in [2.75, 3.05) is 0 Å². The predicted octanol–water partition coefficient (Wildman–Crippen LogP) is 3.50. The van der Waals surface area contributed by atoms with E-state index in [9.17, 15) is 5.11 Å². The monoisotopic (exact) mass is 214 g/mol. The maximum atomic E-state index is 10.5. The van der Waals surface area contributed by atoms with Gasteiger partial charge < -0.3 is 5.11 Å². The molecule has 0 spiro atoms. The summed E-state index contributed by atoms with van der Waals surface area (Å²) in [5.74, 6) is 0. The summed E-state index contributed by atoms with van der Waals surface area (Å²) in [6.07, 6.45) is 7.59. The molecular weight excluding hydrogens is 196 g/mol. The average Bonchev–Trinajstić information content (AvgIpc) is 2.33. The average molecular weight is 214 g/mol. The number of allylic oxidation sites excluding steroid dienone is 3. The van der Waals surface area contributed by atoms with Crippen LogP contribution in [0.2, 0.25) is 0 Å². The molecule has 0 saturated carbocycles. The molecule has 0 radical (unpaired) electrons. The summed E-state index contributed by atoms with van der Waals surface area (Å²) in [4.78, 5) is 0. The van der Waals surface area contributed by atoms with Crippen molar-refractivity contribution < 1.29 is 5.11 Å². The van der Waals surface area contributed by atoms with Gasteiger partial charge in [-0.3, -0.25) is 0 Å². The molecule has 0 aromatic carbocycles. The van der Waals surface area contributed by atoms with Crippen LogP contribution < -0.4 is 0 Å². The lowest BCUT2D eigenvalue weighted by Crippen LogP contribution is -2.29. The zero-order chi connectivity index (χ0) is 12.8. The van der Waals surface area contributed by atoms with Crippen molar-refractivity contribution in [1.82, 2.24) is 0 Å². The molecule has 0 aromatic rings. The molecule has 0 aliphatic rings. The van der Waals surface area contributed by atoms with E-state index in [4.69, 9.17) is 0 Å². The van der Waals surface area contributed by atoms with E-state index in [-0.39, 0.29) is 0 Å². The van der Waals surface area contributed by atoms with Crippen LogP contribution in [-0.2, 0) is 0 Å². The van der Waals surface area contributed by atoms with Gasteiger partial charge in [0.1, 0.15) is 5.60 Å². The third kappa shape index (κ3) is 2.38. The molecule has 1 unspecified atom stereocenters. The van der Waals surface area contributed by atoms with Gasteiger partial charge in [-0.05, 0) is 16.7 Å². The maximum absolute atomic E-state index is 10.5. The van der Waals surface area contributed by atoms with Crippen LogP contribution in [0.5, 0.6) is 0 Å². The van der Waals surface area contributed by atoms with Crippen molar-refractivity contribution in [2.45, 2.75) is 5.60 Å². The summed E-state index contributed by atoms with van der Waals surface area (Å²) >= 11 is 0. The molecule has 0 bridgehead atoms. The molecule has 1 atom stereocenters. The Bertz CT molecular complexity index is 372. The van der Waals surface area contributed by atoms with Crippen LogP contribution in [0.1, 0.15) is 0 Å². The fraction of sp³-hybridized carbons (Fsp3) is 0.0667. The highest BCUT2D eigenvalue weighted by molar-refractivity contribution is 5.53. The van der Waals surface area contributed by atoms with Crippen LogP contribution >= 0.6 is 0 Å². The molecule has 16 heavy (non-hydrogen) atoms. The first-order valence-corrected chi connectivity index (χ1v) is 4.81. The summed E-state index contributed by atoms with van der Waals surface area (Å²) in [6.45, 7) is 21.9. The first kappa shape index (κ1) is 14.1. The van der Waals surface area contributed by atoms with Crippen molar-refractivity contribution in [1.29, 1.82) is 0 Å². The van der Waals surface area contributed by atoms with Gasteiger partial charge in [-0.25, -0.2) is 0 Å². The largest absolute Gasteiger partial charge is 0.377 e. The second-order valence-electron chi connectivity index (χ2n) is 3.18. The first-order chi connectivity index (χ1) is 7.51. The van der Waals surface area contributed by atoms with Gasteiger partial charge in [-0.2, -0.15) is 0 Å². The van der Waals surface area contributed by atoms with Crippen molar-refractivity contribution in [2.24, 2.45) is 0 Å². The number of hydrogen-bond acceptors (Lipinski definition) is 1. The molecule has 0 rings (SSSR count). The Labute approximate surface area is 97.8 Å². The molecule has 84 valence electrons. The highest BCUT2D eigenvalue weighted by atomic mass is 16.3. The van der Waals surface area contributed by atoms with E-state index >= 15 is 0 Å². The molecule has 0 saturated heterocycles. The molecular formula is C15H18O. The van der Waals surface area contributed by atoms with Gasteiger partial charge in [0.25, 0.3) is 0 Å². The first-order valence-electron chi connectivity index (χ1n) is 4.81. The number of hydrogen-bond donors (Lipinski definition) is 1. The lowest BCUT2D eigenvalue weighted by molar-refractivity contribution is 0.176. The molecule has 1 nitrogen and oxygen atoms in total. The zero-order valence-electron chi connectivity index (χ0n) is 9.58.